The molecule has 0 bridgehead atoms. The second kappa shape index (κ2) is 5.04. The van der Waals surface area contributed by atoms with Crippen LogP contribution in [-0.2, 0) is 6.42 Å². The highest BCUT2D eigenvalue weighted by Gasteiger charge is 2.19. The number of carbonyl (C=O) groups excluding carboxylic acids is 1. The minimum Gasteiger partial charge on any atom is -0.324 e. The fraction of sp³-hybridized carbons (Fsp3) is 0.312. The smallest absolute Gasteiger partial charge is 0.227 e. The van der Waals surface area contributed by atoms with Crippen molar-refractivity contribution in [2.75, 3.05) is 5.32 Å². The predicted molar refractivity (Wildman–Crippen MR) is 78.5 cm³/mol. The molecule has 0 saturated carbocycles. The van der Waals surface area contributed by atoms with Crippen LogP contribution in [0.15, 0.2) is 24.4 Å². The van der Waals surface area contributed by atoms with E-state index < -0.39 is 0 Å². The average Bonchev–Trinajstić information content (AvgIpc) is 2.44. The predicted octanol–water partition coefficient (Wildman–Crippen LogP) is 3.36. The number of fused-ring (bicyclic) bond motifs is 1. The van der Waals surface area contributed by atoms with Crippen LogP contribution in [0.2, 0.25) is 0 Å². The molecule has 3 rings (SSSR count). The number of carbonyl (C=O) groups is 1. The van der Waals surface area contributed by atoms with Crippen molar-refractivity contribution in [3.05, 3.63) is 46.8 Å². The van der Waals surface area contributed by atoms with E-state index >= 15 is 0 Å². The lowest BCUT2D eigenvalue weighted by atomic mass is 9.96. The van der Waals surface area contributed by atoms with Gasteiger partial charge in [-0.05, 0) is 43.9 Å². The van der Waals surface area contributed by atoms with E-state index in [4.69, 9.17) is 0 Å². The summed E-state index contributed by atoms with van der Waals surface area (Å²) in [5.74, 6) is 0.719. The third-order valence-electron chi connectivity index (χ3n) is 3.84. The van der Waals surface area contributed by atoms with E-state index in [1.807, 2.05) is 12.1 Å². The van der Waals surface area contributed by atoms with Crippen molar-refractivity contribution in [3.8, 4) is 0 Å². The molecule has 1 heterocycles. The third kappa shape index (κ3) is 2.29. The fourth-order valence-corrected chi connectivity index (χ4v) is 2.46. The summed E-state index contributed by atoms with van der Waals surface area (Å²) in [6, 6.07) is 6.09. The lowest BCUT2D eigenvalue weighted by Crippen LogP contribution is -2.14. The van der Waals surface area contributed by atoms with Gasteiger partial charge in [-0.1, -0.05) is 12.1 Å². The maximum atomic E-state index is 11.8. The van der Waals surface area contributed by atoms with Gasteiger partial charge in [-0.2, -0.15) is 0 Å². The summed E-state index contributed by atoms with van der Waals surface area (Å²) in [6.07, 6.45) is 3.99. The molecule has 0 fully saturated rings. The summed E-state index contributed by atoms with van der Waals surface area (Å²) in [5.41, 5.74) is 4.96. The van der Waals surface area contributed by atoms with Gasteiger partial charge in [0.25, 0.3) is 0 Å². The largest absolute Gasteiger partial charge is 0.324 e. The number of anilines is 2. The Bertz CT molecular complexity index is 679. The zero-order chi connectivity index (χ0) is 14.1. The van der Waals surface area contributed by atoms with Crippen LogP contribution in [0.1, 0.15) is 40.0 Å². The Morgan fingerprint density at radius 1 is 1.20 bits per heavy atom. The topological polar surface area (TPSA) is 54.9 Å². The Labute approximate surface area is 118 Å². The third-order valence-corrected chi connectivity index (χ3v) is 3.84. The monoisotopic (exact) mass is 267 g/mol. The van der Waals surface area contributed by atoms with Crippen LogP contribution < -0.4 is 5.32 Å². The maximum Gasteiger partial charge on any atom is 0.227 e. The van der Waals surface area contributed by atoms with Crippen molar-refractivity contribution in [2.45, 2.75) is 33.1 Å². The number of hydrogen-bond donors (Lipinski definition) is 1. The Balaban J connectivity index is 1.92. The number of aromatic nitrogens is 2. The molecule has 0 saturated heterocycles. The van der Waals surface area contributed by atoms with Crippen molar-refractivity contribution in [1.29, 1.82) is 0 Å². The van der Waals surface area contributed by atoms with Gasteiger partial charge in [0.1, 0.15) is 0 Å². The average molecular weight is 267 g/mol. The molecule has 0 spiro atoms. The molecule has 4 heteroatoms. The highest BCUT2D eigenvalue weighted by molar-refractivity contribution is 5.97. The zero-order valence-corrected chi connectivity index (χ0v) is 11.7. The van der Waals surface area contributed by atoms with Gasteiger partial charge in [-0.15, -0.1) is 0 Å². The number of Topliss-reactive ketones (excluding diaryl/α,β-unsaturated/α-hetero) is 1. The summed E-state index contributed by atoms with van der Waals surface area (Å²) in [5, 5.41) is 3.24. The lowest BCUT2D eigenvalue weighted by Gasteiger charge is -2.15. The molecule has 0 aliphatic heterocycles. The minimum absolute atomic E-state index is 0.157. The molecule has 1 aliphatic rings. The van der Waals surface area contributed by atoms with Gasteiger partial charge in [0, 0.05) is 18.3 Å². The molecule has 20 heavy (non-hydrogen) atoms. The van der Waals surface area contributed by atoms with Gasteiger partial charge in [0.05, 0.1) is 11.3 Å². The first kappa shape index (κ1) is 12.8. The van der Waals surface area contributed by atoms with Crippen LogP contribution in [0.3, 0.4) is 0 Å². The second-order valence-corrected chi connectivity index (χ2v) is 5.20. The van der Waals surface area contributed by atoms with E-state index in [-0.39, 0.29) is 5.78 Å². The van der Waals surface area contributed by atoms with Crippen LogP contribution in [0.25, 0.3) is 0 Å². The molecule has 0 amide bonds. The molecule has 1 N–H and O–H groups in total. The number of nitrogens with one attached hydrogen (secondary N) is 1. The van der Waals surface area contributed by atoms with E-state index in [9.17, 15) is 4.79 Å². The van der Waals surface area contributed by atoms with Crippen LogP contribution in [0.4, 0.5) is 11.6 Å². The molecule has 0 unspecified atom stereocenters. The van der Waals surface area contributed by atoms with E-state index in [0.29, 0.717) is 17.9 Å². The first-order valence-electron chi connectivity index (χ1n) is 6.87. The number of hydrogen-bond acceptors (Lipinski definition) is 4. The van der Waals surface area contributed by atoms with Crippen molar-refractivity contribution in [2.24, 2.45) is 0 Å². The highest BCUT2D eigenvalue weighted by atomic mass is 16.1. The van der Waals surface area contributed by atoms with Crippen molar-refractivity contribution < 1.29 is 4.79 Å². The molecule has 102 valence electrons. The summed E-state index contributed by atoms with van der Waals surface area (Å²) in [4.78, 5) is 20.5. The maximum absolute atomic E-state index is 11.8. The summed E-state index contributed by atoms with van der Waals surface area (Å²) >= 11 is 0. The summed E-state index contributed by atoms with van der Waals surface area (Å²) in [7, 11) is 0. The molecule has 4 nitrogen and oxygen atoms in total. The van der Waals surface area contributed by atoms with Crippen molar-refractivity contribution in [3.63, 3.8) is 0 Å². The van der Waals surface area contributed by atoms with Gasteiger partial charge >= 0.3 is 0 Å². The molecule has 1 aliphatic carbocycles. The molecule has 2 aromatic rings. The van der Waals surface area contributed by atoms with Gasteiger partial charge in [0.2, 0.25) is 5.95 Å². The standard InChI is InChI=1S/C16H17N3O/c1-10-5-3-6-13(11(10)2)18-16-17-9-12-14(19-16)7-4-8-15(12)20/h3,5-6,9H,4,7-8H2,1-2H3,(H,17,18,19). The van der Waals surface area contributed by atoms with Crippen LogP contribution in [0.5, 0.6) is 0 Å². The van der Waals surface area contributed by atoms with Gasteiger partial charge in [-0.3, -0.25) is 4.79 Å². The van der Waals surface area contributed by atoms with Gasteiger partial charge < -0.3 is 5.32 Å². The van der Waals surface area contributed by atoms with Gasteiger partial charge in [0.15, 0.2) is 5.78 Å². The number of rotatable bonds is 2. The van der Waals surface area contributed by atoms with Crippen molar-refractivity contribution in [1.82, 2.24) is 9.97 Å². The van der Waals surface area contributed by atoms with E-state index in [1.54, 1.807) is 6.20 Å². The summed E-state index contributed by atoms with van der Waals surface area (Å²) in [6.45, 7) is 4.15. The first-order valence-corrected chi connectivity index (χ1v) is 6.87. The van der Waals surface area contributed by atoms with Crippen LogP contribution in [0, 0.1) is 13.8 Å². The molecular formula is C16H17N3O. The normalized spacial score (nSPS) is 14.0. The molecular weight excluding hydrogens is 250 g/mol. The number of nitrogens with zero attached hydrogens (tertiary/aromatic N) is 2. The highest BCUT2D eigenvalue weighted by Crippen LogP contribution is 2.23. The number of aryl methyl sites for hydroxylation is 2. The lowest BCUT2D eigenvalue weighted by molar-refractivity contribution is 0.0971. The zero-order valence-electron chi connectivity index (χ0n) is 11.7. The quantitative estimate of drug-likeness (QED) is 0.906. The fourth-order valence-electron chi connectivity index (χ4n) is 2.46. The molecule has 1 aromatic carbocycles. The minimum atomic E-state index is 0.157. The molecule has 0 atom stereocenters. The van der Waals surface area contributed by atoms with E-state index in [2.05, 4.69) is 35.2 Å². The van der Waals surface area contributed by atoms with Gasteiger partial charge in [-0.25, -0.2) is 9.97 Å². The van der Waals surface area contributed by atoms with Crippen molar-refractivity contribution >= 4 is 17.4 Å². The Morgan fingerprint density at radius 3 is 2.90 bits per heavy atom. The Hall–Kier alpha value is -2.23. The molecule has 0 radical (unpaired) electrons. The summed E-state index contributed by atoms with van der Waals surface area (Å²) < 4.78 is 0. The van der Waals surface area contributed by atoms with Crippen LogP contribution in [-0.4, -0.2) is 15.8 Å². The van der Waals surface area contributed by atoms with E-state index in [0.717, 1.165) is 24.2 Å². The SMILES string of the molecule is Cc1cccc(Nc2ncc3c(n2)CCCC3=O)c1C. The van der Waals surface area contributed by atoms with Crippen LogP contribution >= 0.6 is 0 Å². The Kier molecular flexibility index (Phi) is 3.22. The second-order valence-electron chi connectivity index (χ2n) is 5.20. The molecule has 1 aromatic heterocycles. The number of benzene rings is 1. The number of ketones is 1. The first-order chi connectivity index (χ1) is 9.65. The van der Waals surface area contributed by atoms with E-state index in [1.165, 1.54) is 11.1 Å². The Morgan fingerprint density at radius 2 is 2.05 bits per heavy atom.